The molecular weight excluding hydrogens is 252 g/mol. The summed E-state index contributed by atoms with van der Waals surface area (Å²) in [5.74, 6) is 0.240. The highest BCUT2D eigenvalue weighted by Crippen LogP contribution is 2.25. The summed E-state index contributed by atoms with van der Waals surface area (Å²) in [6.07, 6.45) is 2.07. The topological polar surface area (TPSA) is 83.0 Å². The van der Waals surface area contributed by atoms with Gasteiger partial charge in [0.1, 0.15) is 10.6 Å². The van der Waals surface area contributed by atoms with E-state index in [1.54, 1.807) is 6.92 Å². The Bertz CT molecular complexity index is 481. The first-order chi connectivity index (χ1) is 8.49. The molecule has 18 heavy (non-hydrogen) atoms. The van der Waals surface area contributed by atoms with Gasteiger partial charge in [-0.1, -0.05) is 26.7 Å². The van der Waals surface area contributed by atoms with Gasteiger partial charge in [-0.05, 0) is 12.8 Å². The van der Waals surface area contributed by atoms with Crippen LogP contribution in [0.1, 0.15) is 42.7 Å². The first-order valence-electron chi connectivity index (χ1n) is 5.96. The van der Waals surface area contributed by atoms with Gasteiger partial charge in [-0.2, -0.15) is 4.98 Å². The van der Waals surface area contributed by atoms with Crippen molar-refractivity contribution in [3.05, 3.63) is 21.7 Å². The second kappa shape index (κ2) is 6.58. The van der Waals surface area contributed by atoms with Crippen LogP contribution in [-0.2, 0) is 0 Å². The van der Waals surface area contributed by atoms with E-state index >= 15 is 0 Å². The van der Waals surface area contributed by atoms with Crippen molar-refractivity contribution < 1.29 is 9.90 Å². The molecule has 1 heterocycles. The quantitative estimate of drug-likeness (QED) is 0.612. The molecule has 0 unspecified atom stereocenters. The molecule has 0 aromatic carbocycles. The van der Waals surface area contributed by atoms with Crippen molar-refractivity contribution in [1.29, 1.82) is 0 Å². The average Bonchev–Trinajstić information content (AvgIpc) is 2.28. The Kier molecular flexibility index (Phi) is 5.40. The van der Waals surface area contributed by atoms with Gasteiger partial charge in [0.2, 0.25) is 0 Å². The maximum atomic E-state index is 11.3. The normalized spacial score (nSPS) is 10.9. The van der Waals surface area contributed by atoms with Crippen LogP contribution in [0.5, 0.6) is 0 Å². The summed E-state index contributed by atoms with van der Waals surface area (Å²) in [5.41, 5.74) is -0.0374. The molecule has 0 saturated carbocycles. The number of carbonyl (C=O) groups is 1. The second-order valence-electron chi connectivity index (χ2n) is 4.15. The van der Waals surface area contributed by atoms with Gasteiger partial charge in [0.15, 0.2) is 0 Å². The van der Waals surface area contributed by atoms with Crippen molar-refractivity contribution in [3.63, 3.8) is 0 Å². The first kappa shape index (κ1) is 14.8. The fourth-order valence-corrected chi connectivity index (χ4v) is 3.03. The third kappa shape index (κ3) is 3.60. The highest BCUT2D eigenvalue weighted by Gasteiger charge is 2.17. The molecule has 0 spiro atoms. The predicted molar refractivity (Wildman–Crippen MR) is 71.4 cm³/mol. The van der Waals surface area contributed by atoms with Gasteiger partial charge in [0, 0.05) is 11.4 Å². The number of carboxylic acids is 1. The first-order valence-corrected chi connectivity index (χ1v) is 6.95. The summed E-state index contributed by atoms with van der Waals surface area (Å²) in [7, 11) is 0. The van der Waals surface area contributed by atoms with E-state index in [0.29, 0.717) is 16.6 Å². The minimum absolute atomic E-state index is 0.102. The van der Waals surface area contributed by atoms with Gasteiger partial charge in [-0.25, -0.2) is 9.59 Å². The highest BCUT2D eigenvalue weighted by molar-refractivity contribution is 7.99. The van der Waals surface area contributed by atoms with Gasteiger partial charge >= 0.3 is 11.7 Å². The molecular formula is C12H18N2O3S. The van der Waals surface area contributed by atoms with E-state index in [-0.39, 0.29) is 5.56 Å². The fourth-order valence-electron chi connectivity index (χ4n) is 1.64. The number of aryl methyl sites for hydroxylation is 1. The van der Waals surface area contributed by atoms with Crippen LogP contribution in [0.2, 0.25) is 0 Å². The number of nitrogens with one attached hydrogen (secondary N) is 1. The molecule has 100 valence electrons. The summed E-state index contributed by atoms with van der Waals surface area (Å²) in [5, 5.41) is 9.46. The minimum Gasteiger partial charge on any atom is -0.478 e. The standard InChI is InChI=1S/C12H18N2O3S/c1-4-8(5-2)6-18-10-9(11(15)16)7(3)13-12(17)14-10/h8H,4-6H2,1-3H3,(H,15,16)(H,13,14,17). The number of aromatic amines is 1. The van der Waals surface area contributed by atoms with Crippen LogP contribution in [0.25, 0.3) is 0 Å². The summed E-state index contributed by atoms with van der Waals surface area (Å²) in [6, 6.07) is 0. The Balaban J connectivity index is 3.00. The summed E-state index contributed by atoms with van der Waals surface area (Å²) < 4.78 is 0. The van der Waals surface area contributed by atoms with Crippen LogP contribution in [0.3, 0.4) is 0 Å². The SMILES string of the molecule is CCC(CC)CSc1nc(=O)[nH]c(C)c1C(=O)O. The van der Waals surface area contributed by atoms with E-state index in [4.69, 9.17) is 5.11 Å². The van der Waals surface area contributed by atoms with Crippen molar-refractivity contribution in [1.82, 2.24) is 9.97 Å². The largest absolute Gasteiger partial charge is 0.478 e. The monoisotopic (exact) mass is 270 g/mol. The van der Waals surface area contributed by atoms with Crippen molar-refractivity contribution in [2.45, 2.75) is 38.6 Å². The number of hydrogen-bond donors (Lipinski definition) is 2. The van der Waals surface area contributed by atoms with Crippen LogP contribution in [-0.4, -0.2) is 26.8 Å². The van der Waals surface area contributed by atoms with Gasteiger partial charge < -0.3 is 10.1 Å². The molecule has 2 N–H and O–H groups in total. The van der Waals surface area contributed by atoms with E-state index in [0.717, 1.165) is 18.6 Å². The number of hydrogen-bond acceptors (Lipinski definition) is 4. The smallest absolute Gasteiger partial charge is 0.346 e. The number of nitrogens with zero attached hydrogens (tertiary/aromatic N) is 1. The average molecular weight is 270 g/mol. The Morgan fingerprint density at radius 3 is 2.56 bits per heavy atom. The molecule has 1 aromatic heterocycles. The van der Waals surface area contributed by atoms with E-state index in [2.05, 4.69) is 23.8 Å². The van der Waals surface area contributed by atoms with E-state index < -0.39 is 11.7 Å². The van der Waals surface area contributed by atoms with Crippen molar-refractivity contribution in [2.24, 2.45) is 5.92 Å². The van der Waals surface area contributed by atoms with E-state index in [1.165, 1.54) is 11.8 Å². The Morgan fingerprint density at radius 2 is 2.06 bits per heavy atom. The maximum absolute atomic E-state index is 11.3. The van der Waals surface area contributed by atoms with Crippen molar-refractivity contribution in [2.75, 3.05) is 5.75 Å². The zero-order valence-electron chi connectivity index (χ0n) is 10.8. The lowest BCUT2D eigenvalue weighted by molar-refractivity contribution is 0.0690. The van der Waals surface area contributed by atoms with Gasteiger partial charge in [-0.15, -0.1) is 11.8 Å². The molecule has 5 nitrogen and oxygen atoms in total. The molecule has 0 aliphatic heterocycles. The summed E-state index contributed by atoms with van der Waals surface area (Å²) >= 11 is 1.35. The lowest BCUT2D eigenvalue weighted by Crippen LogP contribution is -2.18. The molecule has 0 amide bonds. The Labute approximate surface area is 110 Å². The van der Waals surface area contributed by atoms with E-state index in [9.17, 15) is 9.59 Å². The van der Waals surface area contributed by atoms with Crippen LogP contribution in [0.4, 0.5) is 0 Å². The van der Waals surface area contributed by atoms with Crippen molar-refractivity contribution >= 4 is 17.7 Å². The molecule has 0 aliphatic rings. The summed E-state index contributed by atoms with van der Waals surface area (Å²) in [4.78, 5) is 28.6. The third-order valence-electron chi connectivity index (χ3n) is 2.91. The van der Waals surface area contributed by atoms with Crippen LogP contribution >= 0.6 is 11.8 Å². The molecule has 6 heteroatoms. The zero-order valence-corrected chi connectivity index (χ0v) is 11.6. The molecule has 0 bridgehead atoms. The fraction of sp³-hybridized carbons (Fsp3) is 0.583. The Morgan fingerprint density at radius 1 is 1.44 bits per heavy atom. The Hall–Kier alpha value is -1.30. The van der Waals surface area contributed by atoms with Gasteiger partial charge in [0.25, 0.3) is 0 Å². The molecule has 1 rings (SSSR count). The second-order valence-corrected chi connectivity index (χ2v) is 5.15. The lowest BCUT2D eigenvalue weighted by Gasteiger charge is -2.12. The molecule has 0 saturated heterocycles. The highest BCUT2D eigenvalue weighted by atomic mass is 32.2. The number of aromatic nitrogens is 2. The minimum atomic E-state index is -1.05. The van der Waals surface area contributed by atoms with Crippen LogP contribution in [0, 0.1) is 12.8 Å². The zero-order chi connectivity index (χ0) is 13.7. The van der Waals surface area contributed by atoms with Gasteiger partial charge in [-0.3, -0.25) is 0 Å². The molecule has 0 atom stereocenters. The maximum Gasteiger partial charge on any atom is 0.346 e. The third-order valence-corrected chi connectivity index (χ3v) is 4.12. The number of H-pyrrole nitrogens is 1. The van der Waals surface area contributed by atoms with E-state index in [1.807, 2.05) is 0 Å². The number of rotatable bonds is 6. The summed E-state index contributed by atoms with van der Waals surface area (Å²) in [6.45, 7) is 5.78. The number of thioether (sulfide) groups is 1. The van der Waals surface area contributed by atoms with Crippen LogP contribution in [0.15, 0.2) is 9.82 Å². The van der Waals surface area contributed by atoms with Gasteiger partial charge in [0.05, 0.1) is 0 Å². The lowest BCUT2D eigenvalue weighted by atomic mass is 10.1. The van der Waals surface area contributed by atoms with Crippen molar-refractivity contribution in [3.8, 4) is 0 Å². The molecule has 0 radical (unpaired) electrons. The molecule has 0 aliphatic carbocycles. The number of aromatic carboxylic acids is 1. The predicted octanol–water partition coefficient (Wildman–Crippen LogP) is 2.30. The van der Waals surface area contributed by atoms with Crippen LogP contribution < -0.4 is 5.69 Å². The number of carboxylic acid groups (broad SMARTS) is 1. The molecule has 0 fully saturated rings. The molecule has 1 aromatic rings.